The molecule has 2 amide bonds. The van der Waals surface area contributed by atoms with Gasteiger partial charge in [0.05, 0.1) is 11.7 Å². The average Bonchev–Trinajstić information content (AvgIpc) is 3.19. The second-order valence-electron chi connectivity index (χ2n) is 5.42. The summed E-state index contributed by atoms with van der Waals surface area (Å²) >= 11 is 1.79. The van der Waals surface area contributed by atoms with E-state index in [1.807, 2.05) is 17.7 Å². The second kappa shape index (κ2) is 7.02. The van der Waals surface area contributed by atoms with Crippen LogP contribution in [0.4, 0.5) is 10.6 Å². The van der Waals surface area contributed by atoms with Crippen LogP contribution in [0.1, 0.15) is 37.9 Å². The quantitative estimate of drug-likeness (QED) is 0.760. The van der Waals surface area contributed by atoms with Crippen molar-refractivity contribution < 1.29 is 4.79 Å². The Hall–Kier alpha value is -1.17. The van der Waals surface area contributed by atoms with Gasteiger partial charge in [0, 0.05) is 12.6 Å². The standard InChI is InChI=1S/C14H24N4OS/c1-10-9-13(16-14(19)15-7-4-8-20-3)18(17-10)11(2)12-5-6-12/h9,11-12H,4-8H2,1-3H3,(H2,15,16,19)/t11-/m1/s1. The summed E-state index contributed by atoms with van der Waals surface area (Å²) < 4.78 is 1.95. The normalized spacial score (nSPS) is 15.9. The van der Waals surface area contributed by atoms with Crippen LogP contribution in [0.2, 0.25) is 0 Å². The predicted molar refractivity (Wildman–Crippen MR) is 84.4 cm³/mol. The summed E-state index contributed by atoms with van der Waals surface area (Å²) in [5.41, 5.74) is 0.940. The summed E-state index contributed by atoms with van der Waals surface area (Å²) in [6.07, 6.45) is 5.59. The van der Waals surface area contributed by atoms with Crippen molar-refractivity contribution in [2.75, 3.05) is 23.9 Å². The van der Waals surface area contributed by atoms with Crippen LogP contribution in [0.25, 0.3) is 0 Å². The van der Waals surface area contributed by atoms with Gasteiger partial charge in [0.15, 0.2) is 0 Å². The number of rotatable bonds is 7. The number of carbonyl (C=O) groups excluding carboxylic acids is 1. The molecule has 6 heteroatoms. The highest BCUT2D eigenvalue weighted by molar-refractivity contribution is 7.98. The summed E-state index contributed by atoms with van der Waals surface area (Å²) in [6, 6.07) is 2.14. The number of thioether (sulfide) groups is 1. The SMILES string of the molecule is CSCCCNC(=O)Nc1cc(C)nn1[C@H](C)C1CC1. The molecule has 1 aliphatic rings. The van der Waals surface area contributed by atoms with E-state index in [9.17, 15) is 4.79 Å². The largest absolute Gasteiger partial charge is 0.338 e. The summed E-state index contributed by atoms with van der Waals surface area (Å²) in [4.78, 5) is 11.9. The minimum atomic E-state index is -0.143. The smallest absolute Gasteiger partial charge is 0.320 e. The molecule has 0 spiro atoms. The molecule has 0 aromatic carbocycles. The van der Waals surface area contributed by atoms with Crippen molar-refractivity contribution in [1.29, 1.82) is 0 Å². The Morgan fingerprint density at radius 2 is 2.35 bits per heavy atom. The predicted octanol–water partition coefficient (Wildman–Crippen LogP) is 3.04. The lowest BCUT2D eigenvalue weighted by Crippen LogP contribution is -2.31. The monoisotopic (exact) mass is 296 g/mol. The van der Waals surface area contributed by atoms with Gasteiger partial charge in [0.1, 0.15) is 5.82 Å². The first kappa shape index (κ1) is 15.2. The molecule has 2 N–H and O–H groups in total. The molecule has 0 aliphatic heterocycles. The zero-order valence-corrected chi connectivity index (χ0v) is 13.3. The van der Waals surface area contributed by atoms with Crippen molar-refractivity contribution in [3.8, 4) is 0 Å². The summed E-state index contributed by atoms with van der Waals surface area (Å²) in [5, 5.41) is 10.3. The molecule has 0 radical (unpaired) electrons. The average molecular weight is 296 g/mol. The molecule has 1 aromatic heterocycles. The van der Waals surface area contributed by atoms with Gasteiger partial charge in [0.25, 0.3) is 0 Å². The lowest BCUT2D eigenvalue weighted by molar-refractivity contribution is 0.252. The van der Waals surface area contributed by atoms with Gasteiger partial charge in [-0.15, -0.1) is 0 Å². The van der Waals surface area contributed by atoms with Crippen LogP contribution in [-0.2, 0) is 0 Å². The van der Waals surface area contributed by atoms with Crippen molar-refractivity contribution in [2.24, 2.45) is 5.92 Å². The highest BCUT2D eigenvalue weighted by atomic mass is 32.2. The van der Waals surface area contributed by atoms with Crippen LogP contribution in [0.5, 0.6) is 0 Å². The van der Waals surface area contributed by atoms with E-state index in [4.69, 9.17) is 0 Å². The van der Waals surface area contributed by atoms with E-state index in [0.717, 1.165) is 23.7 Å². The number of hydrogen-bond donors (Lipinski definition) is 2. The molecule has 20 heavy (non-hydrogen) atoms. The first-order valence-corrected chi connectivity index (χ1v) is 8.61. The molecule has 1 atom stereocenters. The number of aromatic nitrogens is 2. The minimum Gasteiger partial charge on any atom is -0.338 e. The Kier molecular flexibility index (Phi) is 5.34. The number of urea groups is 1. The highest BCUT2D eigenvalue weighted by Crippen LogP contribution is 2.40. The lowest BCUT2D eigenvalue weighted by atomic mass is 10.2. The van der Waals surface area contributed by atoms with Gasteiger partial charge in [-0.3, -0.25) is 5.32 Å². The molecule has 112 valence electrons. The van der Waals surface area contributed by atoms with E-state index in [1.54, 1.807) is 11.8 Å². The van der Waals surface area contributed by atoms with Crippen LogP contribution in [0.15, 0.2) is 6.07 Å². The number of hydrogen-bond acceptors (Lipinski definition) is 3. The van der Waals surface area contributed by atoms with Crippen LogP contribution < -0.4 is 10.6 Å². The zero-order chi connectivity index (χ0) is 14.5. The van der Waals surface area contributed by atoms with Crippen LogP contribution >= 0.6 is 11.8 Å². The Labute approximate surface area is 124 Å². The maximum absolute atomic E-state index is 11.9. The number of nitrogens with one attached hydrogen (secondary N) is 2. The van der Waals surface area contributed by atoms with Gasteiger partial charge in [-0.1, -0.05) is 0 Å². The Balaban J connectivity index is 1.89. The molecule has 0 unspecified atom stereocenters. The molecule has 1 heterocycles. The fourth-order valence-corrected chi connectivity index (χ4v) is 2.71. The first-order valence-electron chi connectivity index (χ1n) is 7.21. The Bertz CT molecular complexity index is 456. The van der Waals surface area contributed by atoms with Crippen molar-refractivity contribution >= 4 is 23.6 Å². The van der Waals surface area contributed by atoms with Gasteiger partial charge in [-0.05, 0) is 51.0 Å². The van der Waals surface area contributed by atoms with Gasteiger partial charge < -0.3 is 5.32 Å². The molecule has 5 nitrogen and oxygen atoms in total. The van der Waals surface area contributed by atoms with Crippen LogP contribution in [-0.4, -0.2) is 34.4 Å². The number of anilines is 1. The molecular weight excluding hydrogens is 272 g/mol. The third-order valence-electron chi connectivity index (χ3n) is 3.60. The van der Waals surface area contributed by atoms with Crippen molar-refractivity contribution in [3.63, 3.8) is 0 Å². The molecule has 1 fully saturated rings. The second-order valence-corrected chi connectivity index (χ2v) is 6.41. The molecule has 0 bridgehead atoms. The van der Waals surface area contributed by atoms with Gasteiger partial charge in [-0.2, -0.15) is 16.9 Å². The molecular formula is C14H24N4OS. The number of carbonyl (C=O) groups is 1. The van der Waals surface area contributed by atoms with E-state index in [0.29, 0.717) is 18.5 Å². The maximum Gasteiger partial charge on any atom is 0.320 e. The Morgan fingerprint density at radius 3 is 3.00 bits per heavy atom. The summed E-state index contributed by atoms with van der Waals surface area (Å²) in [6.45, 7) is 4.83. The van der Waals surface area contributed by atoms with Crippen LogP contribution in [0, 0.1) is 12.8 Å². The van der Waals surface area contributed by atoms with Gasteiger partial charge in [0.2, 0.25) is 0 Å². The van der Waals surface area contributed by atoms with E-state index < -0.39 is 0 Å². The maximum atomic E-state index is 11.9. The van der Waals surface area contributed by atoms with E-state index in [2.05, 4.69) is 28.9 Å². The van der Waals surface area contributed by atoms with Crippen molar-refractivity contribution in [2.45, 2.75) is 39.2 Å². The Morgan fingerprint density at radius 1 is 1.60 bits per heavy atom. The van der Waals surface area contributed by atoms with E-state index in [-0.39, 0.29) is 6.03 Å². The van der Waals surface area contributed by atoms with Crippen molar-refractivity contribution in [1.82, 2.24) is 15.1 Å². The molecule has 0 saturated heterocycles. The number of aryl methyl sites for hydroxylation is 1. The fourth-order valence-electron chi connectivity index (χ4n) is 2.28. The van der Waals surface area contributed by atoms with E-state index >= 15 is 0 Å². The first-order chi connectivity index (χ1) is 9.61. The third kappa shape index (κ3) is 4.16. The third-order valence-corrected chi connectivity index (χ3v) is 4.30. The topological polar surface area (TPSA) is 59.0 Å². The zero-order valence-electron chi connectivity index (χ0n) is 12.5. The number of nitrogens with zero attached hydrogens (tertiary/aromatic N) is 2. The minimum absolute atomic E-state index is 0.143. The summed E-state index contributed by atoms with van der Waals surface area (Å²) in [5.74, 6) is 2.57. The van der Waals surface area contributed by atoms with Gasteiger partial charge in [-0.25, -0.2) is 9.48 Å². The number of amides is 2. The van der Waals surface area contributed by atoms with Gasteiger partial charge >= 0.3 is 6.03 Å². The highest BCUT2D eigenvalue weighted by Gasteiger charge is 2.31. The fraction of sp³-hybridized carbons (Fsp3) is 0.714. The molecule has 2 rings (SSSR count). The summed E-state index contributed by atoms with van der Waals surface area (Å²) in [7, 11) is 0. The van der Waals surface area contributed by atoms with E-state index in [1.165, 1.54) is 12.8 Å². The van der Waals surface area contributed by atoms with Crippen molar-refractivity contribution in [3.05, 3.63) is 11.8 Å². The lowest BCUT2D eigenvalue weighted by Gasteiger charge is -2.15. The molecule has 1 aliphatic carbocycles. The molecule has 1 saturated carbocycles. The van der Waals surface area contributed by atoms with Crippen LogP contribution in [0.3, 0.4) is 0 Å². The molecule has 1 aromatic rings.